The third-order valence-electron chi connectivity index (χ3n) is 5.67. The zero-order valence-electron chi connectivity index (χ0n) is 18.0. The molecule has 0 N–H and O–H groups in total. The van der Waals surface area contributed by atoms with Gasteiger partial charge in [0.1, 0.15) is 5.69 Å². The molecular formula is C21H29N5O4S. The summed E-state index contributed by atoms with van der Waals surface area (Å²) in [6, 6.07) is 8.26. The largest absolute Gasteiger partial charge is 0.363 e. The first-order valence-electron chi connectivity index (χ1n) is 10.5. The molecule has 0 radical (unpaired) electrons. The van der Waals surface area contributed by atoms with Crippen molar-refractivity contribution in [1.29, 1.82) is 0 Å². The number of aromatic nitrogens is 1. The van der Waals surface area contributed by atoms with Crippen LogP contribution in [-0.2, 0) is 16.4 Å². The standard InChI is InChI=1S/C21H29N5O4S/c1-3-25(4-2)31(29,30)19-5-6-20(21(17-19)26(27)28)24-15-13-23(14-16-24)12-9-18-7-10-22-11-8-18/h5-8,10-11,17H,3-4,9,12-16H2,1-2H3. The third kappa shape index (κ3) is 5.38. The Labute approximate surface area is 183 Å². The minimum absolute atomic E-state index is 0.0392. The van der Waals surface area contributed by atoms with Gasteiger partial charge in [-0.1, -0.05) is 13.8 Å². The Morgan fingerprint density at radius 3 is 2.29 bits per heavy atom. The Kier molecular flexibility index (Phi) is 7.58. The molecule has 0 atom stereocenters. The number of rotatable bonds is 9. The van der Waals surface area contributed by atoms with Gasteiger partial charge in [0.05, 0.1) is 9.82 Å². The van der Waals surface area contributed by atoms with Crippen LogP contribution in [0.1, 0.15) is 19.4 Å². The van der Waals surface area contributed by atoms with Gasteiger partial charge in [-0.3, -0.25) is 20.0 Å². The van der Waals surface area contributed by atoms with E-state index in [1.165, 1.54) is 22.0 Å². The summed E-state index contributed by atoms with van der Waals surface area (Å²) in [4.78, 5) is 19.5. The molecule has 1 aliphatic rings. The van der Waals surface area contributed by atoms with Crippen LogP contribution in [0.25, 0.3) is 0 Å². The van der Waals surface area contributed by atoms with Gasteiger partial charge in [0.2, 0.25) is 10.0 Å². The molecule has 2 heterocycles. The molecule has 0 aliphatic carbocycles. The molecule has 10 heteroatoms. The van der Waals surface area contributed by atoms with Gasteiger partial charge in [-0.25, -0.2) is 8.42 Å². The molecule has 3 rings (SSSR count). The van der Waals surface area contributed by atoms with Gasteiger partial charge in [-0.15, -0.1) is 0 Å². The minimum atomic E-state index is -3.75. The average molecular weight is 448 g/mol. The second-order valence-corrected chi connectivity index (χ2v) is 9.37. The van der Waals surface area contributed by atoms with E-state index in [4.69, 9.17) is 0 Å². The van der Waals surface area contributed by atoms with E-state index < -0.39 is 14.9 Å². The number of nitro groups is 1. The fourth-order valence-electron chi connectivity index (χ4n) is 3.84. The normalized spacial score (nSPS) is 15.4. The summed E-state index contributed by atoms with van der Waals surface area (Å²) in [6.07, 6.45) is 4.51. The molecule has 1 fully saturated rings. The van der Waals surface area contributed by atoms with Crippen molar-refractivity contribution in [2.24, 2.45) is 0 Å². The molecule has 0 saturated carbocycles. The lowest BCUT2D eigenvalue weighted by molar-refractivity contribution is -0.384. The minimum Gasteiger partial charge on any atom is -0.363 e. The highest BCUT2D eigenvalue weighted by molar-refractivity contribution is 7.89. The number of pyridine rings is 1. The smallest absolute Gasteiger partial charge is 0.293 e. The molecule has 0 amide bonds. The molecule has 0 bridgehead atoms. The van der Waals surface area contributed by atoms with E-state index in [1.54, 1.807) is 32.3 Å². The predicted molar refractivity (Wildman–Crippen MR) is 120 cm³/mol. The molecule has 168 valence electrons. The number of piperazine rings is 1. The first-order chi connectivity index (χ1) is 14.9. The van der Waals surface area contributed by atoms with Crippen LogP contribution < -0.4 is 4.90 Å². The van der Waals surface area contributed by atoms with Crippen molar-refractivity contribution in [3.05, 3.63) is 58.4 Å². The summed E-state index contributed by atoms with van der Waals surface area (Å²) >= 11 is 0. The van der Waals surface area contributed by atoms with Crippen molar-refractivity contribution in [3.8, 4) is 0 Å². The van der Waals surface area contributed by atoms with E-state index in [9.17, 15) is 18.5 Å². The van der Waals surface area contributed by atoms with Crippen LogP contribution in [0, 0.1) is 10.1 Å². The van der Waals surface area contributed by atoms with Crippen LogP contribution in [-0.4, -0.2) is 73.3 Å². The van der Waals surface area contributed by atoms with Crippen molar-refractivity contribution < 1.29 is 13.3 Å². The lowest BCUT2D eigenvalue weighted by atomic mass is 10.1. The lowest BCUT2D eigenvalue weighted by Crippen LogP contribution is -2.47. The van der Waals surface area contributed by atoms with Crippen LogP contribution >= 0.6 is 0 Å². The molecular weight excluding hydrogens is 418 g/mol. The highest BCUT2D eigenvalue weighted by Crippen LogP contribution is 2.32. The van der Waals surface area contributed by atoms with E-state index in [0.717, 1.165) is 26.1 Å². The van der Waals surface area contributed by atoms with Gasteiger partial charge in [-0.2, -0.15) is 4.31 Å². The zero-order chi connectivity index (χ0) is 22.4. The van der Waals surface area contributed by atoms with Gasteiger partial charge < -0.3 is 4.90 Å². The van der Waals surface area contributed by atoms with Gasteiger partial charge >= 0.3 is 0 Å². The Bertz CT molecular complexity index is 988. The maximum atomic E-state index is 12.8. The summed E-state index contributed by atoms with van der Waals surface area (Å²) in [7, 11) is -3.75. The SMILES string of the molecule is CCN(CC)S(=O)(=O)c1ccc(N2CCN(CCc3ccncc3)CC2)c([N+](=O)[O-])c1. The van der Waals surface area contributed by atoms with E-state index in [0.29, 0.717) is 31.9 Å². The zero-order valence-corrected chi connectivity index (χ0v) is 18.8. The van der Waals surface area contributed by atoms with Crippen molar-refractivity contribution >= 4 is 21.4 Å². The first kappa shape index (κ1) is 23.1. The Morgan fingerprint density at radius 1 is 1.06 bits per heavy atom. The van der Waals surface area contributed by atoms with Gasteiger partial charge in [-0.05, 0) is 36.2 Å². The summed E-state index contributed by atoms with van der Waals surface area (Å²) in [6.45, 7) is 7.94. The predicted octanol–water partition coefficient (Wildman–Crippen LogP) is 2.39. The molecule has 0 spiro atoms. The number of nitro benzene ring substituents is 1. The number of hydrogen-bond acceptors (Lipinski definition) is 7. The first-order valence-corrected chi connectivity index (χ1v) is 12.0. The van der Waals surface area contributed by atoms with Crippen LogP contribution in [0.15, 0.2) is 47.6 Å². The molecule has 9 nitrogen and oxygen atoms in total. The van der Waals surface area contributed by atoms with E-state index in [-0.39, 0.29) is 10.6 Å². The van der Waals surface area contributed by atoms with Crippen molar-refractivity contribution in [3.63, 3.8) is 0 Å². The third-order valence-corrected chi connectivity index (χ3v) is 7.71. The molecule has 1 aliphatic heterocycles. The lowest BCUT2D eigenvalue weighted by Gasteiger charge is -2.35. The molecule has 0 unspecified atom stereocenters. The fourth-order valence-corrected chi connectivity index (χ4v) is 5.32. The second-order valence-electron chi connectivity index (χ2n) is 7.43. The fraction of sp³-hybridized carbons (Fsp3) is 0.476. The number of nitrogens with zero attached hydrogens (tertiary/aromatic N) is 5. The van der Waals surface area contributed by atoms with E-state index in [1.807, 2.05) is 17.0 Å². The summed E-state index contributed by atoms with van der Waals surface area (Å²) in [5.74, 6) is 0. The molecule has 1 saturated heterocycles. The molecule has 31 heavy (non-hydrogen) atoms. The second kappa shape index (κ2) is 10.2. The van der Waals surface area contributed by atoms with Crippen LogP contribution in [0.3, 0.4) is 0 Å². The summed E-state index contributed by atoms with van der Waals surface area (Å²) in [5, 5.41) is 11.7. The topological polar surface area (TPSA) is 99.9 Å². The molecule has 1 aromatic carbocycles. The summed E-state index contributed by atoms with van der Waals surface area (Å²) < 4.78 is 26.8. The van der Waals surface area contributed by atoms with E-state index in [2.05, 4.69) is 9.88 Å². The van der Waals surface area contributed by atoms with Crippen LogP contribution in [0.2, 0.25) is 0 Å². The highest BCUT2D eigenvalue weighted by Gasteiger charge is 2.28. The van der Waals surface area contributed by atoms with Gasteiger partial charge in [0.25, 0.3) is 5.69 Å². The Hall–Kier alpha value is -2.56. The quantitative estimate of drug-likeness (QED) is 0.430. The highest BCUT2D eigenvalue weighted by atomic mass is 32.2. The van der Waals surface area contributed by atoms with Crippen LogP contribution in [0.5, 0.6) is 0 Å². The van der Waals surface area contributed by atoms with Gasteiger partial charge in [0.15, 0.2) is 0 Å². The maximum Gasteiger partial charge on any atom is 0.293 e. The molecule has 2 aromatic rings. The summed E-state index contributed by atoms with van der Waals surface area (Å²) in [5.41, 5.74) is 1.54. The number of hydrogen-bond donors (Lipinski definition) is 0. The van der Waals surface area contributed by atoms with Crippen molar-refractivity contribution in [1.82, 2.24) is 14.2 Å². The average Bonchev–Trinajstić information content (AvgIpc) is 2.79. The number of sulfonamides is 1. The Balaban J connectivity index is 1.71. The van der Waals surface area contributed by atoms with Gasteiger partial charge in [0, 0.05) is 64.3 Å². The monoisotopic (exact) mass is 447 g/mol. The van der Waals surface area contributed by atoms with E-state index >= 15 is 0 Å². The van der Waals surface area contributed by atoms with Crippen molar-refractivity contribution in [2.45, 2.75) is 25.2 Å². The number of anilines is 1. The molecule has 1 aromatic heterocycles. The number of benzene rings is 1. The van der Waals surface area contributed by atoms with Crippen LogP contribution in [0.4, 0.5) is 11.4 Å². The van der Waals surface area contributed by atoms with Crippen molar-refractivity contribution in [2.75, 3.05) is 50.7 Å². The Morgan fingerprint density at radius 2 is 1.71 bits per heavy atom. The maximum absolute atomic E-state index is 12.8.